The minimum Gasteiger partial charge on any atom is -0.497 e. The lowest BCUT2D eigenvalue weighted by Gasteiger charge is -2.31. The van der Waals surface area contributed by atoms with Crippen LogP contribution in [0, 0.1) is 0 Å². The van der Waals surface area contributed by atoms with Gasteiger partial charge < -0.3 is 15.0 Å². The number of rotatable bonds is 11. The highest BCUT2D eigenvalue weighted by atomic mass is 32.2. The number of nitrogens with zero attached hydrogens (tertiary/aromatic N) is 2. The molecule has 0 saturated carbocycles. The van der Waals surface area contributed by atoms with Crippen molar-refractivity contribution >= 4 is 38.3 Å². The molecule has 0 fully saturated rings. The molecule has 202 valence electrons. The van der Waals surface area contributed by atoms with Crippen molar-refractivity contribution in [3.05, 3.63) is 66.2 Å². The molecule has 0 aromatic heterocycles. The van der Waals surface area contributed by atoms with Crippen molar-refractivity contribution in [2.24, 2.45) is 0 Å². The molecular weight excluding hydrogens is 502 g/mol. The van der Waals surface area contributed by atoms with Crippen LogP contribution < -0.4 is 14.4 Å². The fraction of sp³-hybridized carbons (Fsp3) is 0.379. The lowest BCUT2D eigenvalue weighted by atomic mass is 10.1. The van der Waals surface area contributed by atoms with Crippen molar-refractivity contribution in [2.45, 2.75) is 63.6 Å². The first-order chi connectivity index (χ1) is 18.2. The molecule has 1 unspecified atom stereocenters. The molecule has 1 aliphatic rings. The Hall–Kier alpha value is -3.59. The second-order valence-electron chi connectivity index (χ2n) is 9.77. The van der Waals surface area contributed by atoms with E-state index in [0.717, 1.165) is 16.3 Å². The fourth-order valence-electron chi connectivity index (χ4n) is 4.94. The summed E-state index contributed by atoms with van der Waals surface area (Å²) in [7, 11) is -2.10. The largest absolute Gasteiger partial charge is 0.497 e. The fourth-order valence-corrected chi connectivity index (χ4v) is 6.69. The predicted molar refractivity (Wildman–Crippen MR) is 149 cm³/mol. The van der Waals surface area contributed by atoms with E-state index in [-0.39, 0.29) is 37.4 Å². The van der Waals surface area contributed by atoms with Gasteiger partial charge in [-0.2, -0.15) is 0 Å². The smallest absolute Gasteiger partial charge is 0.265 e. The molecule has 2 amide bonds. The minimum atomic E-state index is -3.69. The number of carbonyl (C=O) groups excluding carboxylic acids is 2. The second kappa shape index (κ2) is 11.4. The standard InChI is InChI=1S/C29H35N3O5S/c1-5-24(29(34)30-20(2)3)31(19-21-14-16-23(37-4)17-15-21)27(33)13-8-18-32-25-11-6-9-22-10-7-12-26(28(22)25)38(32,35)36/h6-7,9-12,14-17,20,24H,5,8,13,18-19H2,1-4H3,(H,30,34). The van der Waals surface area contributed by atoms with Crippen LogP contribution in [0.25, 0.3) is 10.8 Å². The molecule has 0 bridgehead atoms. The van der Waals surface area contributed by atoms with E-state index in [4.69, 9.17) is 4.74 Å². The summed E-state index contributed by atoms with van der Waals surface area (Å²) in [5.41, 5.74) is 1.52. The Morgan fingerprint density at radius 3 is 2.34 bits per heavy atom. The average Bonchev–Trinajstić information content (AvgIpc) is 3.11. The molecule has 38 heavy (non-hydrogen) atoms. The van der Waals surface area contributed by atoms with E-state index >= 15 is 0 Å². The molecule has 0 saturated heterocycles. The molecule has 1 heterocycles. The first-order valence-corrected chi connectivity index (χ1v) is 14.4. The molecule has 0 spiro atoms. The van der Waals surface area contributed by atoms with E-state index in [1.54, 1.807) is 30.2 Å². The monoisotopic (exact) mass is 537 g/mol. The molecule has 1 atom stereocenters. The summed E-state index contributed by atoms with van der Waals surface area (Å²) in [6.07, 6.45) is 0.891. The first kappa shape index (κ1) is 27.4. The van der Waals surface area contributed by atoms with Crippen molar-refractivity contribution in [1.29, 1.82) is 0 Å². The molecule has 0 radical (unpaired) electrons. The number of hydrogen-bond donors (Lipinski definition) is 1. The quantitative estimate of drug-likeness (QED) is 0.389. The number of hydrogen-bond acceptors (Lipinski definition) is 5. The predicted octanol–water partition coefficient (Wildman–Crippen LogP) is 4.47. The lowest BCUT2D eigenvalue weighted by Crippen LogP contribution is -2.50. The van der Waals surface area contributed by atoms with Crippen LogP contribution in [0.5, 0.6) is 5.75 Å². The van der Waals surface area contributed by atoms with Gasteiger partial charge in [0.1, 0.15) is 11.8 Å². The molecule has 1 N–H and O–H groups in total. The first-order valence-electron chi connectivity index (χ1n) is 12.9. The summed E-state index contributed by atoms with van der Waals surface area (Å²) >= 11 is 0. The van der Waals surface area contributed by atoms with Gasteiger partial charge in [-0.05, 0) is 61.9 Å². The number of sulfonamides is 1. The van der Waals surface area contributed by atoms with E-state index in [2.05, 4.69) is 5.32 Å². The van der Waals surface area contributed by atoms with Crippen LogP contribution >= 0.6 is 0 Å². The summed E-state index contributed by atoms with van der Waals surface area (Å²) in [6.45, 7) is 6.09. The number of nitrogens with one attached hydrogen (secondary N) is 1. The third kappa shape index (κ3) is 5.48. The average molecular weight is 538 g/mol. The zero-order valence-corrected chi connectivity index (χ0v) is 23.1. The van der Waals surface area contributed by atoms with Crippen molar-refractivity contribution in [3.8, 4) is 5.75 Å². The van der Waals surface area contributed by atoms with Gasteiger partial charge in [0.05, 0.1) is 17.7 Å². The van der Waals surface area contributed by atoms with Crippen LogP contribution in [0.4, 0.5) is 5.69 Å². The number of amides is 2. The van der Waals surface area contributed by atoms with Gasteiger partial charge in [-0.3, -0.25) is 13.9 Å². The molecule has 4 rings (SSSR count). The maximum Gasteiger partial charge on any atom is 0.265 e. The van der Waals surface area contributed by atoms with Crippen molar-refractivity contribution in [2.75, 3.05) is 18.0 Å². The summed E-state index contributed by atoms with van der Waals surface area (Å²) in [5.74, 6) is 0.312. The maximum atomic E-state index is 13.6. The highest BCUT2D eigenvalue weighted by molar-refractivity contribution is 7.93. The SMILES string of the molecule is CCC(C(=O)NC(C)C)N(Cc1ccc(OC)cc1)C(=O)CCCN1c2cccc3cccc(c23)S1(=O)=O. The third-order valence-corrected chi connectivity index (χ3v) is 8.62. The maximum absolute atomic E-state index is 13.6. The summed E-state index contributed by atoms with van der Waals surface area (Å²) in [4.78, 5) is 28.5. The zero-order chi connectivity index (χ0) is 27.4. The topological polar surface area (TPSA) is 96.0 Å². The number of carbonyl (C=O) groups is 2. The number of benzene rings is 3. The Morgan fingerprint density at radius 1 is 1.03 bits per heavy atom. The Bertz CT molecular complexity index is 1410. The lowest BCUT2D eigenvalue weighted by molar-refractivity contribution is -0.141. The van der Waals surface area contributed by atoms with Crippen LogP contribution in [0.3, 0.4) is 0 Å². The Balaban J connectivity index is 1.52. The summed E-state index contributed by atoms with van der Waals surface area (Å²) in [5, 5.41) is 4.52. The molecule has 9 heteroatoms. The highest BCUT2D eigenvalue weighted by Crippen LogP contribution is 2.42. The molecule has 3 aromatic carbocycles. The van der Waals surface area contributed by atoms with E-state index < -0.39 is 16.1 Å². The van der Waals surface area contributed by atoms with Crippen LogP contribution in [-0.4, -0.2) is 50.9 Å². The van der Waals surface area contributed by atoms with Crippen LogP contribution in [0.2, 0.25) is 0 Å². The van der Waals surface area contributed by atoms with Gasteiger partial charge in [0, 0.05) is 30.9 Å². The molecular formula is C29H35N3O5S. The van der Waals surface area contributed by atoms with Crippen molar-refractivity contribution in [1.82, 2.24) is 10.2 Å². The normalized spacial score (nSPS) is 14.5. The van der Waals surface area contributed by atoms with Gasteiger partial charge >= 0.3 is 0 Å². The Labute approximate surface area is 224 Å². The Morgan fingerprint density at radius 2 is 1.71 bits per heavy atom. The summed E-state index contributed by atoms with van der Waals surface area (Å²) < 4.78 is 33.2. The molecule has 3 aromatic rings. The number of methoxy groups -OCH3 is 1. The second-order valence-corrected chi connectivity index (χ2v) is 11.6. The van der Waals surface area contributed by atoms with E-state index in [1.165, 1.54) is 4.31 Å². The third-order valence-electron chi connectivity index (χ3n) is 6.76. The molecule has 1 aliphatic heterocycles. The zero-order valence-electron chi connectivity index (χ0n) is 22.3. The van der Waals surface area contributed by atoms with E-state index in [0.29, 0.717) is 29.2 Å². The Kier molecular flexibility index (Phi) is 8.26. The molecule has 0 aliphatic carbocycles. The van der Waals surface area contributed by atoms with Gasteiger partial charge in [-0.25, -0.2) is 8.42 Å². The highest BCUT2D eigenvalue weighted by Gasteiger charge is 2.35. The van der Waals surface area contributed by atoms with Crippen molar-refractivity contribution < 1.29 is 22.7 Å². The summed E-state index contributed by atoms with van der Waals surface area (Å²) in [6, 6.07) is 17.5. The van der Waals surface area contributed by atoms with E-state index in [1.807, 2.05) is 63.2 Å². The minimum absolute atomic E-state index is 0.0563. The van der Waals surface area contributed by atoms with E-state index in [9.17, 15) is 18.0 Å². The van der Waals surface area contributed by atoms with Crippen LogP contribution in [0.1, 0.15) is 45.6 Å². The van der Waals surface area contributed by atoms with Gasteiger partial charge in [0.15, 0.2) is 0 Å². The number of ether oxygens (including phenoxy) is 1. The van der Waals surface area contributed by atoms with Crippen LogP contribution in [0.15, 0.2) is 65.6 Å². The van der Waals surface area contributed by atoms with Gasteiger partial charge in [0.25, 0.3) is 10.0 Å². The van der Waals surface area contributed by atoms with Crippen molar-refractivity contribution in [3.63, 3.8) is 0 Å². The van der Waals surface area contributed by atoms with Crippen LogP contribution in [-0.2, 0) is 26.2 Å². The van der Waals surface area contributed by atoms with Gasteiger partial charge in [0.2, 0.25) is 11.8 Å². The molecule has 8 nitrogen and oxygen atoms in total. The van der Waals surface area contributed by atoms with Gasteiger partial charge in [-0.1, -0.05) is 43.3 Å². The van der Waals surface area contributed by atoms with Gasteiger partial charge in [-0.15, -0.1) is 0 Å². The number of anilines is 1.